The van der Waals surface area contributed by atoms with Crippen molar-refractivity contribution >= 4 is 15.7 Å². The number of nitrogen functional groups attached to an aromatic ring is 1. The molecule has 7 heteroatoms. The summed E-state index contributed by atoms with van der Waals surface area (Å²) in [6.07, 6.45) is 1.63. The molecule has 1 aliphatic heterocycles. The van der Waals surface area contributed by atoms with E-state index >= 15 is 0 Å². The van der Waals surface area contributed by atoms with Crippen LogP contribution in [-0.2, 0) is 14.8 Å². The van der Waals surface area contributed by atoms with Gasteiger partial charge in [0, 0.05) is 25.8 Å². The number of methoxy groups -OCH3 is 1. The van der Waals surface area contributed by atoms with Gasteiger partial charge in [0.15, 0.2) is 0 Å². The first-order chi connectivity index (χ1) is 9.98. The number of sulfonamides is 1. The quantitative estimate of drug-likeness (QED) is 0.832. The minimum atomic E-state index is -3.60. The maximum atomic E-state index is 12.7. The fourth-order valence-corrected chi connectivity index (χ4v) is 4.13. The molecule has 1 aromatic rings. The van der Waals surface area contributed by atoms with Gasteiger partial charge in [0.1, 0.15) is 10.6 Å². The molecule has 0 saturated carbocycles. The third-order valence-corrected chi connectivity index (χ3v) is 5.52. The molecule has 0 spiro atoms. The number of anilines is 1. The maximum Gasteiger partial charge on any atom is 0.245 e. The number of nitrogens with zero attached hydrogens (tertiary/aromatic N) is 1. The van der Waals surface area contributed by atoms with Crippen molar-refractivity contribution in [2.45, 2.75) is 30.8 Å². The van der Waals surface area contributed by atoms with E-state index in [9.17, 15) is 8.42 Å². The molecule has 118 valence electrons. The van der Waals surface area contributed by atoms with Crippen LogP contribution < -0.4 is 10.5 Å². The van der Waals surface area contributed by atoms with Gasteiger partial charge >= 0.3 is 0 Å². The molecule has 6 nitrogen and oxygen atoms in total. The van der Waals surface area contributed by atoms with Crippen LogP contribution in [-0.4, -0.2) is 45.6 Å². The molecular formula is C14H22N2O4S. The number of ether oxygens (including phenoxy) is 2. The van der Waals surface area contributed by atoms with Crippen molar-refractivity contribution < 1.29 is 17.9 Å². The van der Waals surface area contributed by atoms with Crippen LogP contribution in [0.2, 0.25) is 0 Å². The number of nitrogens with two attached hydrogens (primary N) is 1. The minimum absolute atomic E-state index is 0.0435. The van der Waals surface area contributed by atoms with Crippen LogP contribution in [0.1, 0.15) is 19.8 Å². The van der Waals surface area contributed by atoms with E-state index in [1.807, 2.05) is 6.92 Å². The summed E-state index contributed by atoms with van der Waals surface area (Å²) < 4.78 is 37.5. The zero-order valence-electron chi connectivity index (χ0n) is 12.4. The number of hydrogen-bond acceptors (Lipinski definition) is 5. The van der Waals surface area contributed by atoms with Gasteiger partial charge in [0.2, 0.25) is 10.0 Å². The Kier molecular flexibility index (Phi) is 5.08. The summed E-state index contributed by atoms with van der Waals surface area (Å²) in [7, 11) is -2.08. The Morgan fingerprint density at radius 2 is 2.19 bits per heavy atom. The molecule has 2 rings (SSSR count). The molecular weight excluding hydrogens is 292 g/mol. The molecule has 0 amide bonds. The van der Waals surface area contributed by atoms with Gasteiger partial charge in [-0.15, -0.1) is 0 Å². The topological polar surface area (TPSA) is 81.9 Å². The lowest BCUT2D eigenvalue weighted by atomic mass is 10.1. The van der Waals surface area contributed by atoms with E-state index in [0.29, 0.717) is 25.4 Å². The Balaban J connectivity index is 2.25. The Hall–Kier alpha value is -1.31. The van der Waals surface area contributed by atoms with Crippen molar-refractivity contribution in [1.82, 2.24) is 4.31 Å². The average molecular weight is 314 g/mol. The number of hydrogen-bond donors (Lipinski definition) is 1. The molecule has 1 aliphatic rings. The van der Waals surface area contributed by atoms with Crippen LogP contribution in [0, 0.1) is 0 Å². The van der Waals surface area contributed by atoms with Crippen molar-refractivity contribution in [2.24, 2.45) is 0 Å². The third kappa shape index (κ3) is 3.48. The Morgan fingerprint density at radius 1 is 1.43 bits per heavy atom. The van der Waals surface area contributed by atoms with E-state index in [1.54, 1.807) is 6.07 Å². The summed E-state index contributed by atoms with van der Waals surface area (Å²) in [6.45, 7) is 3.37. The molecule has 1 unspecified atom stereocenters. The lowest BCUT2D eigenvalue weighted by molar-refractivity contribution is 0.0265. The van der Waals surface area contributed by atoms with Crippen molar-refractivity contribution in [2.75, 3.05) is 32.5 Å². The predicted molar refractivity (Wildman–Crippen MR) is 80.8 cm³/mol. The normalized spacial score (nSPS) is 20.4. The second-order valence-electron chi connectivity index (χ2n) is 4.99. The van der Waals surface area contributed by atoms with Gasteiger partial charge in [-0.3, -0.25) is 0 Å². The lowest BCUT2D eigenvalue weighted by Crippen LogP contribution is -2.43. The van der Waals surface area contributed by atoms with Gasteiger partial charge in [-0.25, -0.2) is 8.42 Å². The average Bonchev–Trinajstić information content (AvgIpc) is 2.47. The molecule has 1 atom stereocenters. The van der Waals surface area contributed by atoms with E-state index in [-0.39, 0.29) is 16.7 Å². The van der Waals surface area contributed by atoms with Crippen LogP contribution in [0.15, 0.2) is 23.1 Å². The summed E-state index contributed by atoms with van der Waals surface area (Å²) in [5, 5.41) is 0. The van der Waals surface area contributed by atoms with E-state index in [4.69, 9.17) is 15.2 Å². The van der Waals surface area contributed by atoms with Gasteiger partial charge < -0.3 is 15.2 Å². The molecule has 0 aliphatic carbocycles. The van der Waals surface area contributed by atoms with Crippen LogP contribution in [0.4, 0.5) is 5.69 Å². The van der Waals surface area contributed by atoms with E-state index in [2.05, 4.69) is 0 Å². The first-order valence-corrected chi connectivity index (χ1v) is 8.48. The SMILES string of the molecule is CCOC1CCCN(S(=O)(=O)c2ccc(OC)cc2N)C1. The summed E-state index contributed by atoms with van der Waals surface area (Å²) in [5.41, 5.74) is 6.07. The molecule has 2 N–H and O–H groups in total. The Labute approximate surface area is 125 Å². The molecule has 0 radical (unpaired) electrons. The highest BCUT2D eigenvalue weighted by Gasteiger charge is 2.31. The van der Waals surface area contributed by atoms with E-state index < -0.39 is 10.0 Å². The molecule has 21 heavy (non-hydrogen) atoms. The third-order valence-electron chi connectivity index (χ3n) is 3.58. The monoisotopic (exact) mass is 314 g/mol. The largest absolute Gasteiger partial charge is 0.497 e. The zero-order chi connectivity index (χ0) is 15.5. The van der Waals surface area contributed by atoms with Crippen molar-refractivity contribution in [1.29, 1.82) is 0 Å². The molecule has 1 heterocycles. The Morgan fingerprint density at radius 3 is 2.81 bits per heavy atom. The van der Waals surface area contributed by atoms with E-state index in [0.717, 1.165) is 12.8 Å². The second kappa shape index (κ2) is 6.64. The fourth-order valence-electron chi connectivity index (χ4n) is 2.52. The van der Waals surface area contributed by atoms with Crippen LogP contribution in [0.3, 0.4) is 0 Å². The van der Waals surface area contributed by atoms with E-state index in [1.165, 1.54) is 23.5 Å². The predicted octanol–water partition coefficient (Wildman–Crippen LogP) is 1.47. The molecule has 1 aromatic carbocycles. The van der Waals surface area contributed by atoms with Gasteiger partial charge in [0.05, 0.1) is 18.9 Å². The first kappa shape index (κ1) is 16.1. The maximum absolute atomic E-state index is 12.7. The summed E-state index contributed by atoms with van der Waals surface area (Å²) in [6, 6.07) is 4.62. The van der Waals surface area contributed by atoms with Crippen molar-refractivity contribution in [3.8, 4) is 5.75 Å². The summed E-state index contributed by atoms with van der Waals surface area (Å²) in [4.78, 5) is 0.125. The first-order valence-electron chi connectivity index (χ1n) is 7.04. The summed E-state index contributed by atoms with van der Waals surface area (Å²) in [5.74, 6) is 0.539. The Bertz CT molecular complexity index is 587. The fraction of sp³-hybridized carbons (Fsp3) is 0.571. The highest BCUT2D eigenvalue weighted by molar-refractivity contribution is 7.89. The van der Waals surface area contributed by atoms with Crippen LogP contribution in [0.5, 0.6) is 5.75 Å². The zero-order valence-corrected chi connectivity index (χ0v) is 13.2. The highest BCUT2D eigenvalue weighted by atomic mass is 32.2. The van der Waals surface area contributed by atoms with Crippen molar-refractivity contribution in [3.05, 3.63) is 18.2 Å². The highest BCUT2D eigenvalue weighted by Crippen LogP contribution is 2.28. The van der Waals surface area contributed by atoms with Gasteiger partial charge in [-0.2, -0.15) is 4.31 Å². The number of rotatable bonds is 5. The van der Waals surface area contributed by atoms with Crippen LogP contribution >= 0.6 is 0 Å². The van der Waals surface area contributed by atoms with Crippen molar-refractivity contribution in [3.63, 3.8) is 0 Å². The van der Waals surface area contributed by atoms with Crippen LogP contribution in [0.25, 0.3) is 0 Å². The molecule has 1 saturated heterocycles. The van der Waals surface area contributed by atoms with Gasteiger partial charge in [-0.1, -0.05) is 0 Å². The second-order valence-corrected chi connectivity index (χ2v) is 6.89. The standard InChI is InChI=1S/C14H22N2O4S/c1-3-20-12-5-4-8-16(10-12)21(17,18)14-7-6-11(19-2)9-13(14)15/h6-7,9,12H,3-5,8,10,15H2,1-2H3. The molecule has 0 aromatic heterocycles. The molecule has 0 bridgehead atoms. The molecule has 1 fully saturated rings. The number of benzene rings is 1. The van der Waals surface area contributed by atoms with Gasteiger partial charge in [0.25, 0.3) is 0 Å². The van der Waals surface area contributed by atoms with Gasteiger partial charge in [-0.05, 0) is 31.9 Å². The smallest absolute Gasteiger partial charge is 0.245 e. The minimum Gasteiger partial charge on any atom is -0.497 e. The summed E-state index contributed by atoms with van der Waals surface area (Å²) >= 11 is 0. The lowest BCUT2D eigenvalue weighted by Gasteiger charge is -2.31. The number of piperidine rings is 1.